The molecule has 0 atom stereocenters. The second-order valence-electron chi connectivity index (χ2n) is 5.73. The fraction of sp³-hybridized carbons (Fsp3) is 0.750. The van der Waals surface area contributed by atoms with Crippen molar-refractivity contribution in [3.63, 3.8) is 0 Å². The molecular formula is C16H26IN. The lowest BCUT2D eigenvalue weighted by Crippen LogP contribution is -1.97. The van der Waals surface area contributed by atoms with Crippen LogP contribution < -0.4 is 0 Å². The number of aromatic nitrogens is 1. The van der Waals surface area contributed by atoms with Crippen molar-refractivity contribution in [2.75, 3.05) is 0 Å². The van der Waals surface area contributed by atoms with Gasteiger partial charge in [0.05, 0.1) is 22.9 Å². The summed E-state index contributed by atoms with van der Waals surface area (Å²) in [6, 6.07) is 0. The van der Waals surface area contributed by atoms with Gasteiger partial charge in [-0.15, -0.1) is 0 Å². The molecule has 102 valence electrons. The van der Waals surface area contributed by atoms with E-state index in [0.717, 1.165) is 0 Å². The lowest BCUT2D eigenvalue weighted by Gasteiger charge is -2.07. The molecule has 2 heteroatoms. The van der Waals surface area contributed by atoms with Crippen LogP contribution in [0.25, 0.3) is 0 Å². The van der Waals surface area contributed by atoms with Gasteiger partial charge in [0, 0.05) is 11.9 Å². The summed E-state index contributed by atoms with van der Waals surface area (Å²) in [5.41, 5.74) is 4.77. The van der Waals surface area contributed by atoms with Crippen molar-refractivity contribution in [3.8, 4) is 0 Å². The Bertz CT molecular complexity index is 335. The number of fused-ring (bicyclic) bond motifs is 1. The number of halogens is 1. The first-order chi connectivity index (χ1) is 8.79. The summed E-state index contributed by atoms with van der Waals surface area (Å²) in [6.07, 6.45) is 17.8. The van der Waals surface area contributed by atoms with Crippen molar-refractivity contribution >= 4 is 22.9 Å². The quantitative estimate of drug-likeness (QED) is 0.531. The van der Waals surface area contributed by atoms with Crippen molar-refractivity contribution in [2.24, 2.45) is 0 Å². The number of hydrogen-bond acceptors (Lipinski definition) is 0. The topological polar surface area (TPSA) is 4.93 Å². The van der Waals surface area contributed by atoms with Gasteiger partial charge in [-0.25, -0.2) is 0 Å². The van der Waals surface area contributed by atoms with Crippen LogP contribution in [0.2, 0.25) is 0 Å². The minimum Gasteiger partial charge on any atom is -0.294 e. The van der Waals surface area contributed by atoms with Gasteiger partial charge in [-0.2, -0.15) is 0 Å². The van der Waals surface area contributed by atoms with Crippen molar-refractivity contribution in [2.45, 2.75) is 77.6 Å². The van der Waals surface area contributed by atoms with E-state index in [-0.39, 0.29) is 0 Å². The maximum atomic E-state index is 2.46. The maximum Gasteiger partial charge on any atom is 0.0637 e. The van der Waals surface area contributed by atoms with E-state index >= 15 is 0 Å². The number of nitrogens with zero attached hydrogens (tertiary/aromatic N) is 1. The highest BCUT2D eigenvalue weighted by Crippen LogP contribution is 2.25. The number of aryl methyl sites for hydroxylation is 1. The standard InChI is InChI=1S/C16H26IN/c1-14-13-18(17)16-12-10-8-6-4-2-3-5-7-9-11-15(14)16/h13H,2-12H2,1H3. The van der Waals surface area contributed by atoms with Crippen molar-refractivity contribution < 1.29 is 0 Å². The van der Waals surface area contributed by atoms with E-state index in [2.05, 4.69) is 38.8 Å². The van der Waals surface area contributed by atoms with Gasteiger partial charge in [0.2, 0.25) is 0 Å². The average Bonchev–Trinajstić information content (AvgIpc) is 2.62. The van der Waals surface area contributed by atoms with Crippen LogP contribution in [0.1, 0.15) is 74.6 Å². The zero-order chi connectivity index (χ0) is 12.8. The van der Waals surface area contributed by atoms with E-state index in [1.54, 1.807) is 11.3 Å². The molecule has 1 aliphatic carbocycles. The SMILES string of the molecule is Cc1cn(I)c2c1CCCCCCCCCCC2. The normalized spacial score (nSPS) is 19.4. The van der Waals surface area contributed by atoms with Crippen LogP contribution in [-0.2, 0) is 12.8 Å². The van der Waals surface area contributed by atoms with Crippen molar-refractivity contribution in [1.82, 2.24) is 2.78 Å². The Balaban J connectivity index is 2.05. The molecule has 0 bridgehead atoms. The van der Waals surface area contributed by atoms with E-state index in [4.69, 9.17) is 0 Å². The third-order valence-corrected chi connectivity index (χ3v) is 5.09. The minimum atomic E-state index is 1.28. The van der Waals surface area contributed by atoms with Gasteiger partial charge in [-0.1, -0.05) is 44.9 Å². The van der Waals surface area contributed by atoms with Gasteiger partial charge in [0.15, 0.2) is 0 Å². The largest absolute Gasteiger partial charge is 0.294 e. The summed E-state index contributed by atoms with van der Waals surface area (Å²) in [5, 5.41) is 0. The van der Waals surface area contributed by atoms with Crippen LogP contribution in [0.15, 0.2) is 6.20 Å². The average molecular weight is 359 g/mol. The molecule has 0 aromatic carbocycles. The molecule has 0 spiro atoms. The fourth-order valence-corrected chi connectivity index (χ4v) is 4.06. The van der Waals surface area contributed by atoms with Gasteiger partial charge >= 0.3 is 0 Å². The zero-order valence-electron chi connectivity index (χ0n) is 11.7. The predicted octanol–water partition coefficient (Wildman–Crippen LogP) is 5.60. The Morgan fingerprint density at radius 1 is 0.833 bits per heavy atom. The Kier molecular flexibility index (Phi) is 6.06. The highest BCUT2D eigenvalue weighted by molar-refractivity contribution is 14.1. The molecule has 18 heavy (non-hydrogen) atoms. The Hall–Kier alpha value is 0.01000. The molecule has 0 saturated heterocycles. The Morgan fingerprint density at radius 3 is 1.94 bits per heavy atom. The molecule has 0 fully saturated rings. The molecule has 2 rings (SSSR count). The smallest absolute Gasteiger partial charge is 0.0637 e. The van der Waals surface area contributed by atoms with Crippen molar-refractivity contribution in [3.05, 3.63) is 23.0 Å². The molecule has 1 aromatic rings. The summed E-state index contributed by atoms with van der Waals surface area (Å²) in [4.78, 5) is 0. The minimum absolute atomic E-state index is 1.28. The highest BCUT2D eigenvalue weighted by Gasteiger charge is 2.12. The van der Waals surface area contributed by atoms with Crippen LogP contribution in [0.5, 0.6) is 0 Å². The highest BCUT2D eigenvalue weighted by atomic mass is 127. The summed E-state index contributed by atoms with van der Waals surface area (Å²) in [6.45, 7) is 2.28. The van der Waals surface area contributed by atoms with Gasteiger partial charge in [-0.3, -0.25) is 2.78 Å². The molecule has 0 N–H and O–H groups in total. The summed E-state index contributed by atoms with van der Waals surface area (Å²) >= 11 is 2.46. The van der Waals surface area contributed by atoms with E-state index < -0.39 is 0 Å². The van der Waals surface area contributed by atoms with Crippen LogP contribution >= 0.6 is 22.9 Å². The first-order valence-corrected chi connectivity index (χ1v) is 8.61. The van der Waals surface area contributed by atoms with E-state index in [9.17, 15) is 0 Å². The van der Waals surface area contributed by atoms with Gasteiger partial charge < -0.3 is 0 Å². The van der Waals surface area contributed by atoms with E-state index in [0.29, 0.717) is 0 Å². The second-order valence-corrected chi connectivity index (χ2v) is 6.77. The van der Waals surface area contributed by atoms with Gasteiger partial charge in [0.25, 0.3) is 0 Å². The molecule has 0 unspecified atom stereocenters. The van der Waals surface area contributed by atoms with Gasteiger partial charge in [0.1, 0.15) is 0 Å². The van der Waals surface area contributed by atoms with Gasteiger partial charge in [-0.05, 0) is 43.7 Å². The summed E-state index contributed by atoms with van der Waals surface area (Å²) in [7, 11) is 0. The molecule has 0 amide bonds. The lowest BCUT2D eigenvalue weighted by molar-refractivity contribution is 0.563. The first kappa shape index (κ1) is 14.4. The second kappa shape index (κ2) is 7.56. The van der Waals surface area contributed by atoms with Crippen LogP contribution in [0.4, 0.5) is 0 Å². The lowest BCUT2D eigenvalue weighted by atomic mass is 10.0. The fourth-order valence-electron chi connectivity index (χ4n) is 3.11. The van der Waals surface area contributed by atoms with E-state index in [1.165, 1.54) is 76.2 Å². The molecule has 1 nitrogen and oxygen atoms in total. The first-order valence-electron chi connectivity index (χ1n) is 7.65. The third kappa shape index (κ3) is 4.01. The molecular weight excluding hydrogens is 333 g/mol. The molecule has 0 radical (unpaired) electrons. The third-order valence-electron chi connectivity index (χ3n) is 4.23. The monoisotopic (exact) mass is 359 g/mol. The predicted molar refractivity (Wildman–Crippen MR) is 87.5 cm³/mol. The maximum absolute atomic E-state index is 2.46. The van der Waals surface area contributed by atoms with Crippen LogP contribution in [0, 0.1) is 6.92 Å². The van der Waals surface area contributed by atoms with Crippen LogP contribution in [-0.4, -0.2) is 2.78 Å². The summed E-state index contributed by atoms with van der Waals surface area (Å²) in [5.74, 6) is 0. The Morgan fingerprint density at radius 2 is 1.33 bits per heavy atom. The molecule has 0 saturated carbocycles. The van der Waals surface area contributed by atoms with E-state index in [1.807, 2.05) is 0 Å². The van der Waals surface area contributed by atoms with Crippen molar-refractivity contribution in [1.29, 1.82) is 0 Å². The molecule has 1 aliphatic rings. The molecule has 1 heterocycles. The number of rotatable bonds is 0. The zero-order valence-corrected chi connectivity index (χ0v) is 13.8. The molecule has 1 aromatic heterocycles. The Labute approximate surface area is 126 Å². The van der Waals surface area contributed by atoms with Crippen LogP contribution in [0.3, 0.4) is 0 Å². The number of hydrogen-bond donors (Lipinski definition) is 0. The molecule has 0 aliphatic heterocycles. The summed E-state index contributed by atoms with van der Waals surface area (Å²) < 4.78 is 2.35.